The Balaban J connectivity index is 2.46. The van der Waals surface area contributed by atoms with Crippen LogP contribution >= 0.6 is 31.9 Å². The first-order valence-corrected chi connectivity index (χ1v) is 7.42. The van der Waals surface area contributed by atoms with Crippen molar-refractivity contribution in [3.05, 3.63) is 55.7 Å². The van der Waals surface area contributed by atoms with E-state index in [1.807, 2.05) is 0 Å². The van der Waals surface area contributed by atoms with Crippen molar-refractivity contribution >= 4 is 42.8 Å². The van der Waals surface area contributed by atoms with E-state index in [1.54, 1.807) is 12.1 Å². The van der Waals surface area contributed by atoms with Crippen LogP contribution in [0.25, 0.3) is 22.0 Å². The molecule has 0 aliphatic heterocycles. The number of phenols is 1. The molecule has 1 aromatic heterocycles. The van der Waals surface area contributed by atoms with Crippen molar-refractivity contribution in [1.29, 1.82) is 0 Å². The molecule has 0 saturated heterocycles. The zero-order valence-corrected chi connectivity index (χ0v) is 13.5. The predicted octanol–water partition coefficient (Wildman–Crippen LogP) is 3.96. The van der Waals surface area contributed by atoms with Crippen LogP contribution in [-0.4, -0.2) is 15.1 Å². The maximum atomic E-state index is 13.1. The van der Waals surface area contributed by atoms with Gasteiger partial charge in [0.05, 0.1) is 16.2 Å². The molecule has 4 nitrogen and oxygen atoms in total. The van der Waals surface area contributed by atoms with Gasteiger partial charge in [-0.1, -0.05) is 12.1 Å². The molecule has 21 heavy (non-hydrogen) atoms. The molecule has 0 aliphatic carbocycles. The Bertz CT molecular complexity index is 907. The Morgan fingerprint density at radius 1 is 1.14 bits per heavy atom. The highest BCUT2D eigenvalue weighted by atomic mass is 79.9. The van der Waals surface area contributed by atoms with Crippen molar-refractivity contribution in [3.63, 3.8) is 0 Å². The second-order valence-electron chi connectivity index (χ2n) is 4.31. The number of phenolic OH excluding ortho intramolecular Hbond substituents is 1. The topological polar surface area (TPSA) is 66.0 Å². The number of hydrogen-bond acceptors (Lipinski definition) is 3. The minimum Gasteiger partial charge on any atom is -0.505 e. The summed E-state index contributed by atoms with van der Waals surface area (Å²) in [6, 6.07) is 5.75. The zero-order valence-electron chi connectivity index (χ0n) is 10.3. The number of rotatable bonds is 1. The maximum absolute atomic E-state index is 13.1. The largest absolute Gasteiger partial charge is 0.505 e. The van der Waals surface area contributed by atoms with Crippen LogP contribution in [0, 0.1) is 5.82 Å². The molecule has 106 valence electrons. The summed E-state index contributed by atoms with van der Waals surface area (Å²) < 4.78 is 13.9. The van der Waals surface area contributed by atoms with Gasteiger partial charge in [0.15, 0.2) is 5.75 Å². The highest BCUT2D eigenvalue weighted by molar-refractivity contribution is 9.11. The summed E-state index contributed by atoms with van der Waals surface area (Å²) in [5.41, 5.74) is 1.01. The van der Waals surface area contributed by atoms with E-state index in [1.165, 1.54) is 18.5 Å². The van der Waals surface area contributed by atoms with Crippen molar-refractivity contribution < 1.29 is 9.50 Å². The van der Waals surface area contributed by atoms with Gasteiger partial charge in [-0.15, -0.1) is 0 Å². The van der Waals surface area contributed by atoms with Crippen molar-refractivity contribution in [2.24, 2.45) is 0 Å². The van der Waals surface area contributed by atoms with Crippen molar-refractivity contribution in [2.75, 3.05) is 0 Å². The Morgan fingerprint density at radius 2 is 1.81 bits per heavy atom. The SMILES string of the molecule is O=c1[nH]cnc2c(O)c(Br)c(-c3ccc(F)cc3)c(Br)c12. The second kappa shape index (κ2) is 5.23. The molecule has 0 fully saturated rings. The molecule has 0 unspecified atom stereocenters. The summed E-state index contributed by atoms with van der Waals surface area (Å²) in [6.07, 6.45) is 1.22. The molecule has 0 radical (unpaired) electrons. The average Bonchev–Trinajstić information content (AvgIpc) is 2.47. The number of hydrogen-bond donors (Lipinski definition) is 2. The summed E-state index contributed by atoms with van der Waals surface area (Å²) >= 11 is 6.68. The fourth-order valence-corrected chi connectivity index (χ4v) is 3.77. The van der Waals surface area contributed by atoms with Gasteiger partial charge >= 0.3 is 0 Å². The minimum absolute atomic E-state index is 0.140. The van der Waals surface area contributed by atoms with Crippen LogP contribution in [0.2, 0.25) is 0 Å². The average molecular weight is 414 g/mol. The lowest BCUT2D eigenvalue weighted by atomic mass is 10.0. The van der Waals surface area contributed by atoms with E-state index >= 15 is 0 Å². The lowest BCUT2D eigenvalue weighted by molar-refractivity contribution is 0.477. The van der Waals surface area contributed by atoms with E-state index in [2.05, 4.69) is 41.8 Å². The Hall–Kier alpha value is -1.73. The fourth-order valence-electron chi connectivity index (χ4n) is 2.10. The third-order valence-electron chi connectivity index (χ3n) is 3.08. The van der Waals surface area contributed by atoms with Crippen LogP contribution in [0.4, 0.5) is 4.39 Å². The van der Waals surface area contributed by atoms with Gasteiger partial charge in [0.2, 0.25) is 0 Å². The number of nitrogens with zero attached hydrogens (tertiary/aromatic N) is 1. The van der Waals surface area contributed by atoms with E-state index < -0.39 is 0 Å². The van der Waals surface area contributed by atoms with Crippen molar-refractivity contribution in [3.8, 4) is 16.9 Å². The van der Waals surface area contributed by atoms with Crippen LogP contribution in [0.3, 0.4) is 0 Å². The Morgan fingerprint density at radius 3 is 2.48 bits per heavy atom. The zero-order chi connectivity index (χ0) is 15.1. The number of nitrogens with one attached hydrogen (secondary N) is 1. The van der Waals surface area contributed by atoms with Crippen LogP contribution in [-0.2, 0) is 0 Å². The highest BCUT2D eigenvalue weighted by Gasteiger charge is 2.20. The molecule has 2 aromatic carbocycles. The van der Waals surface area contributed by atoms with Gasteiger partial charge in [0.1, 0.15) is 11.3 Å². The summed E-state index contributed by atoms with van der Waals surface area (Å²) in [7, 11) is 0. The van der Waals surface area contributed by atoms with Gasteiger partial charge in [0.25, 0.3) is 5.56 Å². The molecular weight excluding hydrogens is 407 g/mol. The number of aromatic nitrogens is 2. The van der Waals surface area contributed by atoms with Gasteiger partial charge in [-0.2, -0.15) is 0 Å². The monoisotopic (exact) mass is 412 g/mol. The summed E-state index contributed by atoms with van der Waals surface area (Å²) in [5, 5.41) is 10.5. The number of aromatic hydroxyl groups is 1. The lowest BCUT2D eigenvalue weighted by Gasteiger charge is -2.12. The van der Waals surface area contributed by atoms with Gasteiger partial charge in [-0.05, 0) is 49.6 Å². The lowest BCUT2D eigenvalue weighted by Crippen LogP contribution is -2.08. The van der Waals surface area contributed by atoms with Crippen molar-refractivity contribution in [1.82, 2.24) is 9.97 Å². The van der Waals surface area contributed by atoms with E-state index in [4.69, 9.17) is 0 Å². The predicted molar refractivity (Wildman–Crippen MR) is 84.8 cm³/mol. The quantitative estimate of drug-likeness (QED) is 0.634. The van der Waals surface area contributed by atoms with Crippen LogP contribution in [0.5, 0.6) is 5.75 Å². The number of aromatic amines is 1. The highest BCUT2D eigenvalue weighted by Crippen LogP contribution is 2.44. The minimum atomic E-state index is -0.377. The normalized spacial score (nSPS) is 11.0. The molecule has 0 saturated carbocycles. The smallest absolute Gasteiger partial charge is 0.259 e. The van der Waals surface area contributed by atoms with E-state index in [9.17, 15) is 14.3 Å². The molecule has 0 atom stereocenters. The number of halogens is 3. The first-order valence-electron chi connectivity index (χ1n) is 5.84. The van der Waals surface area contributed by atoms with Crippen LogP contribution in [0.1, 0.15) is 0 Å². The molecule has 1 heterocycles. The Kier molecular flexibility index (Phi) is 3.54. The molecule has 0 bridgehead atoms. The van der Waals surface area contributed by atoms with Gasteiger partial charge in [-0.3, -0.25) is 4.79 Å². The van der Waals surface area contributed by atoms with Crippen molar-refractivity contribution in [2.45, 2.75) is 0 Å². The van der Waals surface area contributed by atoms with E-state index in [-0.39, 0.29) is 28.0 Å². The molecule has 0 spiro atoms. The third kappa shape index (κ3) is 2.26. The second-order valence-corrected chi connectivity index (χ2v) is 5.90. The molecule has 3 aromatic rings. The number of H-pyrrole nitrogens is 1. The summed E-state index contributed by atoms with van der Waals surface area (Å²) in [4.78, 5) is 18.4. The summed E-state index contributed by atoms with van der Waals surface area (Å²) in [6.45, 7) is 0. The molecule has 0 amide bonds. The first kappa shape index (κ1) is 14.2. The molecule has 2 N–H and O–H groups in total. The molecular formula is C14H7Br2FN2O2. The fraction of sp³-hybridized carbons (Fsp3) is 0. The van der Waals surface area contributed by atoms with E-state index in [0.717, 1.165) is 0 Å². The van der Waals surface area contributed by atoms with Gasteiger partial charge in [0, 0.05) is 10.0 Å². The molecule has 0 aliphatic rings. The van der Waals surface area contributed by atoms with Gasteiger partial charge in [-0.25, -0.2) is 9.37 Å². The first-order chi connectivity index (χ1) is 10.0. The van der Waals surface area contributed by atoms with Crippen LogP contribution < -0.4 is 5.56 Å². The number of benzene rings is 2. The maximum Gasteiger partial charge on any atom is 0.259 e. The van der Waals surface area contributed by atoms with Gasteiger partial charge < -0.3 is 10.1 Å². The molecule has 7 heteroatoms. The number of fused-ring (bicyclic) bond motifs is 1. The molecule has 3 rings (SSSR count). The van der Waals surface area contributed by atoms with E-state index in [0.29, 0.717) is 20.1 Å². The third-order valence-corrected chi connectivity index (χ3v) is 4.64. The Labute approximate surface area is 134 Å². The summed E-state index contributed by atoms with van der Waals surface area (Å²) in [5.74, 6) is -0.505. The standard InChI is InChI=1S/C14H7Br2FN2O2/c15-10-8(6-1-3-7(17)4-2-6)11(16)13(20)12-9(10)14(21)19-5-18-12/h1-5,20H,(H,18,19,21). The van der Waals surface area contributed by atoms with Crippen LogP contribution in [0.15, 0.2) is 44.3 Å².